The highest BCUT2D eigenvalue weighted by Gasteiger charge is 2.13. The van der Waals surface area contributed by atoms with Crippen molar-refractivity contribution in [2.75, 3.05) is 12.4 Å². The number of benzene rings is 2. The molecular formula is C20H26N2S. The molecule has 0 fully saturated rings. The van der Waals surface area contributed by atoms with Gasteiger partial charge in [-0.1, -0.05) is 62.7 Å². The largest absolute Gasteiger partial charge is 0.348 e. The van der Waals surface area contributed by atoms with Crippen molar-refractivity contribution >= 4 is 23.0 Å². The molecule has 0 atom stereocenters. The molecule has 0 aliphatic rings. The maximum atomic E-state index is 5.49. The molecule has 23 heavy (non-hydrogen) atoms. The quantitative estimate of drug-likeness (QED) is 0.788. The number of hydrogen-bond acceptors (Lipinski definition) is 1. The van der Waals surface area contributed by atoms with E-state index in [1.165, 1.54) is 16.7 Å². The first-order valence-corrected chi connectivity index (χ1v) is 8.35. The summed E-state index contributed by atoms with van der Waals surface area (Å²) in [5, 5.41) is 4.01. The Morgan fingerprint density at radius 1 is 1.00 bits per heavy atom. The minimum atomic E-state index is 0.187. The minimum absolute atomic E-state index is 0.187. The Morgan fingerprint density at radius 3 is 2.09 bits per heavy atom. The molecule has 3 heteroatoms. The Hall–Kier alpha value is -1.87. The summed E-state index contributed by atoms with van der Waals surface area (Å²) < 4.78 is 0. The van der Waals surface area contributed by atoms with Crippen molar-refractivity contribution in [3.05, 3.63) is 65.2 Å². The lowest BCUT2D eigenvalue weighted by Gasteiger charge is -2.23. The second-order valence-electron chi connectivity index (χ2n) is 7.10. The fourth-order valence-corrected chi connectivity index (χ4v) is 2.49. The van der Waals surface area contributed by atoms with Gasteiger partial charge in [0.2, 0.25) is 0 Å². The minimum Gasteiger partial charge on any atom is -0.348 e. The maximum absolute atomic E-state index is 5.49. The van der Waals surface area contributed by atoms with Gasteiger partial charge in [-0.25, -0.2) is 0 Å². The number of anilines is 1. The van der Waals surface area contributed by atoms with Crippen LogP contribution < -0.4 is 5.32 Å². The highest BCUT2D eigenvalue weighted by Crippen LogP contribution is 2.22. The van der Waals surface area contributed by atoms with E-state index in [9.17, 15) is 0 Å². The number of aryl methyl sites for hydroxylation is 1. The van der Waals surface area contributed by atoms with Gasteiger partial charge < -0.3 is 10.2 Å². The van der Waals surface area contributed by atoms with Crippen LogP contribution >= 0.6 is 12.2 Å². The number of nitrogens with zero attached hydrogens (tertiary/aromatic N) is 1. The molecule has 0 aliphatic heterocycles. The third kappa shape index (κ3) is 5.07. The van der Waals surface area contributed by atoms with Crippen molar-refractivity contribution in [1.82, 2.24) is 4.90 Å². The van der Waals surface area contributed by atoms with Crippen LogP contribution in [0.2, 0.25) is 0 Å². The highest BCUT2D eigenvalue weighted by atomic mass is 32.1. The number of hydrogen-bond donors (Lipinski definition) is 1. The van der Waals surface area contributed by atoms with Crippen LogP contribution in [0.15, 0.2) is 48.5 Å². The van der Waals surface area contributed by atoms with Crippen molar-refractivity contribution in [2.45, 2.75) is 39.7 Å². The lowest BCUT2D eigenvalue weighted by Crippen LogP contribution is -2.30. The van der Waals surface area contributed by atoms with Crippen molar-refractivity contribution in [3.8, 4) is 0 Å². The zero-order chi connectivity index (χ0) is 17.0. The summed E-state index contributed by atoms with van der Waals surface area (Å²) >= 11 is 5.49. The van der Waals surface area contributed by atoms with Crippen molar-refractivity contribution < 1.29 is 0 Å². The van der Waals surface area contributed by atoms with Gasteiger partial charge in [-0.05, 0) is 47.8 Å². The Bertz CT molecular complexity index is 652. The molecule has 0 radical (unpaired) electrons. The van der Waals surface area contributed by atoms with Gasteiger partial charge in [0.15, 0.2) is 5.11 Å². The molecule has 2 rings (SSSR count). The Balaban J connectivity index is 1.96. The number of rotatable bonds is 3. The molecule has 2 aromatic rings. The van der Waals surface area contributed by atoms with E-state index in [1.807, 2.05) is 19.2 Å². The van der Waals surface area contributed by atoms with Crippen molar-refractivity contribution in [3.63, 3.8) is 0 Å². The first-order chi connectivity index (χ1) is 10.8. The van der Waals surface area contributed by atoms with E-state index in [0.717, 1.165) is 17.3 Å². The average molecular weight is 327 g/mol. The van der Waals surface area contributed by atoms with Gasteiger partial charge >= 0.3 is 0 Å². The number of nitrogens with one attached hydrogen (secondary N) is 1. The van der Waals surface area contributed by atoms with Gasteiger partial charge in [-0.15, -0.1) is 0 Å². The van der Waals surface area contributed by atoms with Crippen LogP contribution in [0, 0.1) is 6.92 Å². The Labute approximate surface area is 145 Å². The highest BCUT2D eigenvalue weighted by molar-refractivity contribution is 7.80. The van der Waals surface area contributed by atoms with Crippen molar-refractivity contribution in [1.29, 1.82) is 0 Å². The molecule has 0 saturated carbocycles. The summed E-state index contributed by atoms with van der Waals surface area (Å²) in [7, 11) is 2.02. The fraction of sp³-hybridized carbons (Fsp3) is 0.350. The van der Waals surface area contributed by atoms with E-state index in [0.29, 0.717) is 0 Å². The first kappa shape index (κ1) is 17.5. The standard InChI is InChI=1S/C20H26N2S/c1-15-6-12-18(13-7-15)21-19(23)22(5)14-16-8-10-17(11-9-16)20(2,3)4/h6-13H,14H2,1-5H3,(H,21,23). The Kier molecular flexibility index (Phi) is 5.42. The van der Waals surface area contributed by atoms with Crippen LogP contribution in [-0.4, -0.2) is 17.1 Å². The van der Waals surface area contributed by atoms with Crippen LogP contribution in [0.4, 0.5) is 5.69 Å². The van der Waals surface area contributed by atoms with Gasteiger partial charge in [0.1, 0.15) is 0 Å². The van der Waals surface area contributed by atoms with E-state index >= 15 is 0 Å². The zero-order valence-corrected chi connectivity index (χ0v) is 15.5. The molecule has 0 bridgehead atoms. The molecule has 0 amide bonds. The molecule has 0 spiro atoms. The third-order valence-corrected chi connectivity index (χ3v) is 4.30. The van der Waals surface area contributed by atoms with Gasteiger partial charge in [0, 0.05) is 19.3 Å². The fourth-order valence-electron chi connectivity index (χ4n) is 2.31. The van der Waals surface area contributed by atoms with E-state index in [4.69, 9.17) is 12.2 Å². The van der Waals surface area contributed by atoms with Gasteiger partial charge in [0.05, 0.1) is 0 Å². The first-order valence-electron chi connectivity index (χ1n) is 7.94. The van der Waals surface area contributed by atoms with Gasteiger partial charge in [0.25, 0.3) is 0 Å². The lowest BCUT2D eigenvalue weighted by molar-refractivity contribution is 0.508. The van der Waals surface area contributed by atoms with E-state index in [2.05, 4.69) is 74.3 Å². The predicted molar refractivity (Wildman–Crippen MR) is 104 cm³/mol. The van der Waals surface area contributed by atoms with Crippen molar-refractivity contribution in [2.24, 2.45) is 0 Å². The molecule has 0 heterocycles. The normalized spacial score (nSPS) is 11.2. The number of thiocarbonyl (C=S) groups is 1. The third-order valence-electron chi connectivity index (χ3n) is 3.89. The van der Waals surface area contributed by atoms with E-state index in [1.54, 1.807) is 0 Å². The maximum Gasteiger partial charge on any atom is 0.173 e. The second kappa shape index (κ2) is 7.14. The zero-order valence-electron chi connectivity index (χ0n) is 14.7. The summed E-state index contributed by atoms with van der Waals surface area (Å²) in [6, 6.07) is 17.0. The molecule has 2 nitrogen and oxygen atoms in total. The van der Waals surface area contributed by atoms with Crippen LogP contribution in [0.5, 0.6) is 0 Å². The van der Waals surface area contributed by atoms with E-state index < -0.39 is 0 Å². The smallest absolute Gasteiger partial charge is 0.173 e. The molecule has 0 saturated heterocycles. The molecule has 0 aromatic heterocycles. The second-order valence-corrected chi connectivity index (χ2v) is 7.49. The van der Waals surface area contributed by atoms with Gasteiger partial charge in [-0.2, -0.15) is 0 Å². The van der Waals surface area contributed by atoms with Crippen LogP contribution in [0.25, 0.3) is 0 Å². The molecule has 0 unspecified atom stereocenters. The van der Waals surface area contributed by atoms with Gasteiger partial charge in [-0.3, -0.25) is 0 Å². The Morgan fingerprint density at radius 2 is 1.57 bits per heavy atom. The molecule has 122 valence electrons. The lowest BCUT2D eigenvalue weighted by atomic mass is 9.87. The van der Waals surface area contributed by atoms with E-state index in [-0.39, 0.29) is 5.41 Å². The van der Waals surface area contributed by atoms with Crippen LogP contribution in [0.3, 0.4) is 0 Å². The molecule has 0 aliphatic carbocycles. The summed E-state index contributed by atoms with van der Waals surface area (Å²) in [6.45, 7) is 9.57. The predicted octanol–water partition coefficient (Wildman–Crippen LogP) is 5.12. The molecule has 2 aromatic carbocycles. The molecular weight excluding hydrogens is 300 g/mol. The average Bonchev–Trinajstić information content (AvgIpc) is 2.49. The SMILES string of the molecule is Cc1ccc(NC(=S)N(C)Cc2ccc(C(C)(C)C)cc2)cc1. The van der Waals surface area contributed by atoms with Crippen LogP contribution in [0.1, 0.15) is 37.5 Å². The monoisotopic (exact) mass is 326 g/mol. The summed E-state index contributed by atoms with van der Waals surface area (Å²) in [5.41, 5.74) is 5.06. The summed E-state index contributed by atoms with van der Waals surface area (Å²) in [6.07, 6.45) is 0. The summed E-state index contributed by atoms with van der Waals surface area (Å²) in [5.74, 6) is 0. The summed E-state index contributed by atoms with van der Waals surface area (Å²) in [4.78, 5) is 2.06. The topological polar surface area (TPSA) is 15.3 Å². The van der Waals surface area contributed by atoms with Crippen LogP contribution in [-0.2, 0) is 12.0 Å². The molecule has 1 N–H and O–H groups in total.